The maximum absolute atomic E-state index is 9.80. The molecule has 1 saturated carbocycles. The molecule has 0 aliphatic heterocycles. The van der Waals surface area contributed by atoms with Crippen LogP contribution in [0.15, 0.2) is 24.3 Å². The Morgan fingerprint density at radius 2 is 2.12 bits per heavy atom. The smallest absolute Gasteiger partial charge is 0.124 e. The third kappa shape index (κ3) is 2.79. The van der Waals surface area contributed by atoms with E-state index in [9.17, 15) is 5.11 Å². The van der Waals surface area contributed by atoms with Crippen LogP contribution in [0, 0.1) is 0 Å². The van der Waals surface area contributed by atoms with Crippen LogP contribution in [0.2, 0.25) is 0 Å². The largest absolute Gasteiger partial charge is 0.487 e. The van der Waals surface area contributed by atoms with Crippen molar-refractivity contribution in [3.05, 3.63) is 29.8 Å². The number of hydrogen-bond donors (Lipinski definition) is 2. The van der Waals surface area contributed by atoms with Gasteiger partial charge in [-0.15, -0.1) is 0 Å². The summed E-state index contributed by atoms with van der Waals surface area (Å²) in [5.74, 6) is 0.889. The Morgan fingerprint density at radius 1 is 1.35 bits per heavy atom. The van der Waals surface area contributed by atoms with E-state index in [2.05, 4.69) is 18.3 Å². The Hall–Kier alpha value is -1.06. The van der Waals surface area contributed by atoms with Gasteiger partial charge >= 0.3 is 0 Å². The van der Waals surface area contributed by atoms with Gasteiger partial charge in [-0.2, -0.15) is 0 Å². The second-order valence-electron chi connectivity index (χ2n) is 4.70. The van der Waals surface area contributed by atoms with E-state index in [0.29, 0.717) is 0 Å². The molecule has 0 aromatic heterocycles. The molecule has 2 N–H and O–H groups in total. The Kier molecular flexibility index (Phi) is 4.02. The molecule has 3 heteroatoms. The van der Waals surface area contributed by atoms with Crippen LogP contribution < -0.4 is 10.1 Å². The first-order valence-electron chi connectivity index (χ1n) is 6.33. The molecular weight excluding hydrogens is 214 g/mol. The van der Waals surface area contributed by atoms with Crippen LogP contribution in [0.25, 0.3) is 0 Å². The molecule has 3 atom stereocenters. The van der Waals surface area contributed by atoms with Crippen LogP contribution in [0.5, 0.6) is 5.75 Å². The van der Waals surface area contributed by atoms with Crippen LogP contribution >= 0.6 is 0 Å². The minimum absolute atomic E-state index is 0.0415. The summed E-state index contributed by atoms with van der Waals surface area (Å²) in [6, 6.07) is 8.29. The maximum atomic E-state index is 9.80. The molecule has 94 valence electrons. The Morgan fingerprint density at radius 3 is 2.76 bits per heavy atom. The molecule has 0 heterocycles. The fraction of sp³-hybridized carbons (Fsp3) is 0.571. The number of benzene rings is 1. The molecule has 0 amide bonds. The summed E-state index contributed by atoms with van der Waals surface area (Å²) in [4.78, 5) is 0. The van der Waals surface area contributed by atoms with Gasteiger partial charge in [0.15, 0.2) is 0 Å². The minimum atomic E-state index is -0.312. The van der Waals surface area contributed by atoms with Crippen LogP contribution in [0.1, 0.15) is 37.8 Å². The summed E-state index contributed by atoms with van der Waals surface area (Å²) in [5, 5.41) is 13.0. The molecule has 3 unspecified atom stereocenters. The number of aliphatic hydroxyl groups is 1. The number of aliphatic hydroxyl groups excluding tert-OH is 1. The van der Waals surface area contributed by atoms with E-state index in [1.165, 1.54) is 0 Å². The summed E-state index contributed by atoms with van der Waals surface area (Å²) in [6.07, 6.45) is 2.50. The van der Waals surface area contributed by atoms with E-state index in [1.54, 1.807) is 0 Å². The minimum Gasteiger partial charge on any atom is -0.487 e. The van der Waals surface area contributed by atoms with Gasteiger partial charge in [-0.25, -0.2) is 0 Å². The lowest BCUT2D eigenvalue weighted by Gasteiger charge is -2.21. The van der Waals surface area contributed by atoms with Crippen molar-refractivity contribution < 1.29 is 9.84 Å². The molecule has 0 radical (unpaired) electrons. The summed E-state index contributed by atoms with van der Waals surface area (Å²) < 4.78 is 5.95. The second-order valence-corrected chi connectivity index (χ2v) is 4.70. The van der Waals surface area contributed by atoms with Crippen molar-refractivity contribution in [1.82, 2.24) is 5.32 Å². The third-order valence-corrected chi connectivity index (χ3v) is 3.51. The van der Waals surface area contributed by atoms with E-state index < -0.39 is 0 Å². The predicted molar refractivity (Wildman–Crippen MR) is 68.2 cm³/mol. The van der Waals surface area contributed by atoms with Crippen molar-refractivity contribution in [3.63, 3.8) is 0 Å². The maximum Gasteiger partial charge on any atom is 0.124 e. The van der Waals surface area contributed by atoms with E-state index in [4.69, 9.17) is 4.74 Å². The van der Waals surface area contributed by atoms with Gasteiger partial charge < -0.3 is 15.2 Å². The molecule has 0 spiro atoms. The zero-order valence-electron chi connectivity index (χ0n) is 10.5. The average Bonchev–Trinajstić information content (AvgIpc) is 2.75. The highest BCUT2D eigenvalue weighted by Crippen LogP contribution is 2.29. The summed E-state index contributed by atoms with van der Waals surface area (Å²) in [7, 11) is 1.94. The van der Waals surface area contributed by atoms with Crippen molar-refractivity contribution in [3.8, 4) is 5.75 Å². The highest BCUT2D eigenvalue weighted by atomic mass is 16.5. The van der Waals surface area contributed by atoms with E-state index in [1.807, 2.05) is 25.2 Å². The van der Waals surface area contributed by atoms with Gasteiger partial charge in [0.25, 0.3) is 0 Å². The van der Waals surface area contributed by atoms with Gasteiger partial charge in [-0.05, 0) is 39.3 Å². The Bertz CT molecular complexity index is 367. The van der Waals surface area contributed by atoms with E-state index >= 15 is 0 Å². The Balaban J connectivity index is 2.14. The standard InChI is InChI=1S/C14H21NO2/c1-10(15-2)11-6-3-4-8-13(11)17-14-9-5-7-12(14)16/h3-4,6,8,10,12,14-16H,5,7,9H2,1-2H3. The number of nitrogens with one attached hydrogen (secondary N) is 1. The molecule has 0 saturated heterocycles. The van der Waals surface area contributed by atoms with Crippen molar-refractivity contribution in [2.24, 2.45) is 0 Å². The topological polar surface area (TPSA) is 41.5 Å². The predicted octanol–water partition coefficient (Wildman–Crippen LogP) is 2.26. The fourth-order valence-corrected chi connectivity index (χ4v) is 2.31. The fourth-order valence-electron chi connectivity index (χ4n) is 2.31. The van der Waals surface area contributed by atoms with Crippen LogP contribution in [0.4, 0.5) is 0 Å². The van der Waals surface area contributed by atoms with Crippen molar-refractivity contribution >= 4 is 0 Å². The molecule has 0 bridgehead atoms. The molecule has 1 aliphatic carbocycles. The summed E-state index contributed by atoms with van der Waals surface area (Å²) in [6.45, 7) is 2.10. The van der Waals surface area contributed by atoms with Crippen LogP contribution in [-0.2, 0) is 0 Å². The van der Waals surface area contributed by atoms with Crippen molar-refractivity contribution in [1.29, 1.82) is 0 Å². The second kappa shape index (κ2) is 5.52. The quantitative estimate of drug-likeness (QED) is 0.841. The first kappa shape index (κ1) is 12.4. The SMILES string of the molecule is CNC(C)c1ccccc1OC1CCCC1O. The molecule has 1 aliphatic rings. The summed E-state index contributed by atoms with van der Waals surface area (Å²) >= 11 is 0. The van der Waals surface area contributed by atoms with Crippen molar-refractivity contribution in [2.75, 3.05) is 7.05 Å². The summed E-state index contributed by atoms with van der Waals surface area (Å²) in [5.41, 5.74) is 1.15. The normalized spacial score (nSPS) is 25.8. The monoisotopic (exact) mass is 235 g/mol. The number of rotatable bonds is 4. The van der Waals surface area contributed by atoms with E-state index in [-0.39, 0.29) is 18.2 Å². The van der Waals surface area contributed by atoms with Crippen LogP contribution in [-0.4, -0.2) is 24.4 Å². The molecular formula is C14H21NO2. The lowest BCUT2D eigenvalue weighted by atomic mass is 10.1. The zero-order chi connectivity index (χ0) is 12.3. The van der Waals surface area contributed by atoms with Crippen LogP contribution in [0.3, 0.4) is 0 Å². The molecule has 3 nitrogen and oxygen atoms in total. The number of hydrogen-bond acceptors (Lipinski definition) is 3. The number of para-hydroxylation sites is 1. The van der Waals surface area contributed by atoms with Gasteiger partial charge in [-0.3, -0.25) is 0 Å². The van der Waals surface area contributed by atoms with Gasteiger partial charge in [-0.1, -0.05) is 18.2 Å². The van der Waals surface area contributed by atoms with Gasteiger partial charge in [0, 0.05) is 11.6 Å². The molecule has 2 rings (SSSR count). The molecule has 17 heavy (non-hydrogen) atoms. The molecule has 1 fully saturated rings. The van der Waals surface area contributed by atoms with Gasteiger partial charge in [0.2, 0.25) is 0 Å². The molecule has 1 aromatic rings. The first-order valence-corrected chi connectivity index (χ1v) is 6.33. The average molecular weight is 235 g/mol. The number of ether oxygens (including phenoxy) is 1. The highest BCUT2D eigenvalue weighted by Gasteiger charge is 2.27. The lowest BCUT2D eigenvalue weighted by Crippen LogP contribution is -2.26. The first-order chi connectivity index (χ1) is 8.22. The zero-order valence-corrected chi connectivity index (χ0v) is 10.5. The molecule has 1 aromatic carbocycles. The highest BCUT2D eigenvalue weighted by molar-refractivity contribution is 5.35. The Labute approximate surface area is 103 Å². The van der Waals surface area contributed by atoms with Crippen molar-refractivity contribution in [2.45, 2.75) is 44.4 Å². The van der Waals surface area contributed by atoms with Gasteiger partial charge in [0.05, 0.1) is 6.10 Å². The van der Waals surface area contributed by atoms with E-state index in [0.717, 1.165) is 30.6 Å². The van der Waals surface area contributed by atoms with Gasteiger partial charge in [0.1, 0.15) is 11.9 Å². The third-order valence-electron chi connectivity index (χ3n) is 3.51. The lowest BCUT2D eigenvalue weighted by molar-refractivity contribution is 0.0595.